The molecule has 4 saturated heterocycles. The van der Waals surface area contributed by atoms with E-state index in [4.69, 9.17) is 9.73 Å². The molecular weight excluding hydrogens is 386 g/mol. The van der Waals surface area contributed by atoms with E-state index in [2.05, 4.69) is 40.4 Å². The first-order valence-electron chi connectivity index (χ1n) is 12.7. The zero-order valence-corrected chi connectivity index (χ0v) is 19.6. The molecule has 0 aromatic carbocycles. The number of piperazine rings is 1. The first-order chi connectivity index (χ1) is 15.2. The van der Waals surface area contributed by atoms with Gasteiger partial charge in [-0.3, -0.25) is 4.90 Å². The third-order valence-corrected chi connectivity index (χ3v) is 8.14. The Balaban J connectivity index is 1.40. The van der Waals surface area contributed by atoms with Crippen molar-refractivity contribution in [3.63, 3.8) is 0 Å². The topological polar surface area (TPSA) is 52.1 Å². The molecule has 0 aliphatic carbocycles. The van der Waals surface area contributed by atoms with Gasteiger partial charge in [-0.05, 0) is 89.6 Å². The minimum absolute atomic E-state index is 0.264. The molecule has 2 bridgehead atoms. The summed E-state index contributed by atoms with van der Waals surface area (Å²) in [6.07, 6.45) is 12.0. The second kappa shape index (κ2) is 9.24. The van der Waals surface area contributed by atoms with E-state index in [0.29, 0.717) is 12.1 Å². The first kappa shape index (κ1) is 21.5. The van der Waals surface area contributed by atoms with Crippen molar-refractivity contribution in [1.29, 1.82) is 0 Å². The quantitative estimate of drug-likeness (QED) is 0.388. The molecule has 5 aliphatic rings. The van der Waals surface area contributed by atoms with Crippen molar-refractivity contribution in [3.8, 4) is 0 Å². The molecule has 0 spiro atoms. The summed E-state index contributed by atoms with van der Waals surface area (Å²) in [5.41, 5.74) is 3.14. The number of hydrogen-bond donors (Lipinski definition) is 2. The van der Waals surface area contributed by atoms with Crippen molar-refractivity contribution in [2.45, 2.75) is 82.8 Å². The third kappa shape index (κ3) is 4.44. The number of hydrogen-bond acceptors (Lipinski definition) is 5. The number of likely N-dealkylation sites (tertiary alicyclic amines) is 1. The summed E-state index contributed by atoms with van der Waals surface area (Å²) >= 11 is 0. The Morgan fingerprint density at radius 2 is 1.94 bits per heavy atom. The molecule has 0 aromatic heterocycles. The number of nitrogens with zero attached hydrogens (tertiary/aromatic N) is 3. The van der Waals surface area contributed by atoms with Crippen LogP contribution in [0.15, 0.2) is 28.1 Å². The summed E-state index contributed by atoms with van der Waals surface area (Å²) in [6.45, 7) is 11.9. The van der Waals surface area contributed by atoms with Crippen molar-refractivity contribution in [3.05, 3.63) is 23.1 Å². The lowest BCUT2D eigenvalue weighted by molar-refractivity contribution is 0.0716. The zero-order chi connectivity index (χ0) is 21.3. The molecule has 0 saturated carbocycles. The lowest BCUT2D eigenvalue weighted by atomic mass is 9.95. The van der Waals surface area contributed by atoms with Crippen molar-refractivity contribution in [1.82, 2.24) is 20.4 Å². The Labute approximate surface area is 188 Å². The van der Waals surface area contributed by atoms with Crippen molar-refractivity contribution in [2.24, 2.45) is 4.99 Å². The molecule has 31 heavy (non-hydrogen) atoms. The van der Waals surface area contributed by atoms with Crippen LogP contribution in [-0.4, -0.2) is 79.1 Å². The van der Waals surface area contributed by atoms with Gasteiger partial charge in [0.25, 0.3) is 0 Å². The highest BCUT2D eigenvalue weighted by Crippen LogP contribution is 2.39. The van der Waals surface area contributed by atoms with Gasteiger partial charge < -0.3 is 20.3 Å². The number of nitrogens with one attached hydrogen (secondary N) is 2. The van der Waals surface area contributed by atoms with E-state index in [1.54, 1.807) is 0 Å². The molecule has 6 heteroatoms. The van der Waals surface area contributed by atoms with Crippen molar-refractivity contribution < 1.29 is 4.74 Å². The molecule has 0 aromatic rings. The molecular formula is C25H41N5O. The van der Waals surface area contributed by atoms with Crippen LogP contribution in [0.25, 0.3) is 0 Å². The first-order valence-corrected chi connectivity index (χ1v) is 12.7. The lowest BCUT2D eigenvalue weighted by Gasteiger charge is -2.37. The maximum absolute atomic E-state index is 6.54. The molecule has 5 heterocycles. The van der Waals surface area contributed by atoms with Crippen LogP contribution in [0.1, 0.15) is 65.2 Å². The van der Waals surface area contributed by atoms with Gasteiger partial charge in [0, 0.05) is 31.7 Å². The van der Waals surface area contributed by atoms with Crippen LogP contribution in [0, 0.1) is 0 Å². The van der Waals surface area contributed by atoms with E-state index in [1.165, 1.54) is 68.6 Å². The molecule has 0 amide bonds. The molecule has 2 unspecified atom stereocenters. The smallest absolute Gasteiger partial charge is 0.211 e. The molecule has 2 atom stereocenters. The summed E-state index contributed by atoms with van der Waals surface area (Å²) in [4.78, 5) is 10.5. The fourth-order valence-corrected chi connectivity index (χ4v) is 6.50. The van der Waals surface area contributed by atoms with Gasteiger partial charge in [0.2, 0.25) is 5.88 Å². The summed E-state index contributed by atoms with van der Waals surface area (Å²) in [6, 6.07) is 1.21. The van der Waals surface area contributed by atoms with Gasteiger partial charge in [-0.1, -0.05) is 12.5 Å². The molecule has 6 nitrogen and oxygen atoms in total. The minimum Gasteiger partial charge on any atom is -0.476 e. The Hall–Kier alpha value is -1.37. The van der Waals surface area contributed by atoms with E-state index in [0.717, 1.165) is 51.5 Å². The fourth-order valence-electron chi connectivity index (χ4n) is 6.50. The Morgan fingerprint density at radius 3 is 2.61 bits per heavy atom. The Morgan fingerprint density at radius 1 is 1.19 bits per heavy atom. The summed E-state index contributed by atoms with van der Waals surface area (Å²) < 4.78 is 6.54. The lowest BCUT2D eigenvalue weighted by Crippen LogP contribution is -2.54. The summed E-state index contributed by atoms with van der Waals surface area (Å²) in [7, 11) is 0. The highest BCUT2D eigenvalue weighted by molar-refractivity contribution is 6.00. The minimum atomic E-state index is 0.264. The fraction of sp³-hybridized carbons (Fsp3) is 0.800. The Kier molecular flexibility index (Phi) is 6.40. The second-order valence-electron chi connectivity index (χ2n) is 10.3. The average Bonchev–Trinajstić information content (AvgIpc) is 3.44. The van der Waals surface area contributed by atoms with E-state index in [-0.39, 0.29) is 5.54 Å². The van der Waals surface area contributed by atoms with Crippen molar-refractivity contribution >= 4 is 5.84 Å². The standard InChI is InChI=1S/C25H41N5O/c1-3-6-23(31-18-25-10-4-13-30(25)14-5-11-25)28-24(22-9-12-26-15-19(22)2)29-16-20-7-8-21(17-29)27-20/h6,20-21,26-27H,3-5,7-18H2,1-2H3/b23-6-,28-24+. The normalized spacial score (nSPS) is 31.5. The molecule has 0 radical (unpaired) electrons. The van der Waals surface area contributed by atoms with E-state index >= 15 is 0 Å². The van der Waals surface area contributed by atoms with E-state index in [9.17, 15) is 0 Å². The number of amidine groups is 1. The van der Waals surface area contributed by atoms with E-state index in [1.807, 2.05) is 0 Å². The van der Waals surface area contributed by atoms with E-state index < -0.39 is 0 Å². The molecule has 5 rings (SSSR count). The van der Waals surface area contributed by atoms with Crippen LogP contribution in [-0.2, 0) is 4.74 Å². The molecule has 2 N–H and O–H groups in total. The SMILES string of the molecule is CC/C=C(/N=C(\C1=C(C)CNCC1)N1CC2CCC(C1)N2)OCC12CCCN1CCC2. The van der Waals surface area contributed by atoms with Gasteiger partial charge in [-0.15, -0.1) is 0 Å². The van der Waals surface area contributed by atoms with Gasteiger partial charge in [0.1, 0.15) is 12.4 Å². The predicted octanol–water partition coefficient (Wildman–Crippen LogP) is 3.03. The second-order valence-corrected chi connectivity index (χ2v) is 10.3. The van der Waals surface area contributed by atoms with Crippen LogP contribution in [0.5, 0.6) is 0 Å². The summed E-state index contributed by atoms with van der Waals surface area (Å²) in [5, 5.41) is 7.30. The molecule has 172 valence electrons. The van der Waals surface area contributed by atoms with Gasteiger partial charge in [0.15, 0.2) is 0 Å². The number of allylic oxidation sites excluding steroid dienone is 1. The van der Waals surface area contributed by atoms with Gasteiger partial charge in [0.05, 0.1) is 5.54 Å². The maximum atomic E-state index is 6.54. The number of ether oxygens (including phenoxy) is 1. The van der Waals surface area contributed by atoms with Crippen molar-refractivity contribution in [2.75, 3.05) is 45.9 Å². The molecule has 5 aliphatic heterocycles. The highest BCUT2D eigenvalue weighted by Gasteiger charge is 2.45. The molecule has 4 fully saturated rings. The summed E-state index contributed by atoms with van der Waals surface area (Å²) in [5.74, 6) is 2.03. The maximum Gasteiger partial charge on any atom is 0.211 e. The van der Waals surface area contributed by atoms with Gasteiger partial charge >= 0.3 is 0 Å². The third-order valence-electron chi connectivity index (χ3n) is 8.14. The highest BCUT2D eigenvalue weighted by atomic mass is 16.5. The van der Waals surface area contributed by atoms with Crippen LogP contribution < -0.4 is 10.6 Å². The van der Waals surface area contributed by atoms with Crippen LogP contribution in [0.2, 0.25) is 0 Å². The van der Waals surface area contributed by atoms with Crippen LogP contribution in [0.3, 0.4) is 0 Å². The average molecular weight is 428 g/mol. The number of rotatable bonds is 6. The zero-order valence-electron chi connectivity index (χ0n) is 19.6. The van der Waals surface area contributed by atoms with Gasteiger partial charge in [-0.2, -0.15) is 4.99 Å². The van der Waals surface area contributed by atoms with Gasteiger partial charge in [-0.25, -0.2) is 0 Å². The predicted molar refractivity (Wildman–Crippen MR) is 126 cm³/mol. The monoisotopic (exact) mass is 427 g/mol. The van der Waals surface area contributed by atoms with Crippen LogP contribution >= 0.6 is 0 Å². The van der Waals surface area contributed by atoms with Crippen LogP contribution in [0.4, 0.5) is 0 Å². The number of fused-ring (bicyclic) bond motifs is 3. The Bertz CT molecular complexity index is 735. The number of aliphatic imine (C=N–C) groups is 1. The largest absolute Gasteiger partial charge is 0.476 e.